The van der Waals surface area contributed by atoms with Gasteiger partial charge in [-0.05, 0) is 40.9 Å². The van der Waals surface area contributed by atoms with Gasteiger partial charge in [-0.2, -0.15) is 4.98 Å². The van der Waals surface area contributed by atoms with E-state index in [9.17, 15) is 22.0 Å². The van der Waals surface area contributed by atoms with Crippen molar-refractivity contribution < 1.29 is 21.9 Å². The minimum Gasteiger partial charge on any atom is -0.472 e. The van der Waals surface area contributed by atoms with Gasteiger partial charge in [0.1, 0.15) is 22.7 Å². The third-order valence-electron chi connectivity index (χ3n) is 3.62. The molecule has 1 heterocycles. The highest BCUT2D eigenvalue weighted by Gasteiger charge is 2.33. The molecule has 1 aromatic carbocycles. The van der Waals surface area contributed by atoms with E-state index in [-0.39, 0.29) is 28.6 Å². The molecule has 10 heteroatoms. The molecular weight excluding hydrogens is 422 g/mol. The molecule has 134 valence electrons. The van der Waals surface area contributed by atoms with Crippen LogP contribution in [-0.4, -0.2) is 24.2 Å². The van der Waals surface area contributed by atoms with Crippen LogP contribution in [0.5, 0.6) is 5.88 Å². The van der Waals surface area contributed by atoms with Crippen LogP contribution in [0.2, 0.25) is 0 Å². The normalized spacial score (nSPS) is 14.6. The number of aromatic nitrogens is 2. The van der Waals surface area contributed by atoms with Gasteiger partial charge in [-0.3, -0.25) is 9.36 Å². The van der Waals surface area contributed by atoms with Crippen LogP contribution < -0.4 is 10.3 Å². The van der Waals surface area contributed by atoms with Crippen molar-refractivity contribution in [3.63, 3.8) is 0 Å². The average molecular weight is 435 g/mol. The molecule has 1 aliphatic carbocycles. The van der Waals surface area contributed by atoms with E-state index >= 15 is 0 Å². The minimum absolute atomic E-state index is 0.0439. The minimum atomic E-state index is -3.77. The molecule has 0 atom stereocenters. The number of ether oxygens (including phenoxy) is 1. The van der Waals surface area contributed by atoms with Gasteiger partial charge in [-0.15, -0.1) is 0 Å². The molecule has 1 fully saturated rings. The summed E-state index contributed by atoms with van der Waals surface area (Å²) in [5, 5.41) is -0.391. The molecule has 0 bridgehead atoms. The zero-order chi connectivity index (χ0) is 18.4. The van der Waals surface area contributed by atoms with E-state index < -0.39 is 32.2 Å². The zero-order valence-corrected chi connectivity index (χ0v) is 15.4. The van der Waals surface area contributed by atoms with Crippen LogP contribution in [0.4, 0.5) is 8.78 Å². The second-order valence-corrected chi connectivity index (χ2v) is 8.42. The first-order valence-corrected chi connectivity index (χ1v) is 9.95. The van der Waals surface area contributed by atoms with Crippen LogP contribution in [0, 0.1) is 11.6 Å². The summed E-state index contributed by atoms with van der Waals surface area (Å²) in [6.07, 6.45) is 2.33. The number of sulfone groups is 1. The van der Waals surface area contributed by atoms with E-state index in [1.54, 1.807) is 0 Å². The number of nitrogens with zero attached hydrogens (tertiary/aromatic N) is 2. The molecule has 0 N–H and O–H groups in total. The Balaban J connectivity index is 1.99. The van der Waals surface area contributed by atoms with E-state index in [0.29, 0.717) is 18.9 Å². The molecule has 2 aromatic rings. The highest BCUT2D eigenvalue weighted by molar-refractivity contribution is 9.10. The van der Waals surface area contributed by atoms with Crippen molar-refractivity contribution in [3.05, 3.63) is 50.2 Å². The van der Waals surface area contributed by atoms with Gasteiger partial charge in [-0.25, -0.2) is 17.2 Å². The monoisotopic (exact) mass is 434 g/mol. The topological polar surface area (TPSA) is 78.3 Å². The molecule has 1 aromatic heterocycles. The Labute approximate surface area is 150 Å². The Morgan fingerprint density at radius 1 is 1.36 bits per heavy atom. The first kappa shape index (κ1) is 18.0. The third kappa shape index (κ3) is 3.74. The summed E-state index contributed by atoms with van der Waals surface area (Å²) in [6.45, 7) is -0.339. The fourth-order valence-corrected chi connectivity index (χ4v) is 3.50. The highest BCUT2D eigenvalue weighted by Crippen LogP contribution is 2.36. The van der Waals surface area contributed by atoms with Crippen LogP contribution in [0.1, 0.15) is 24.4 Å². The lowest BCUT2D eigenvalue weighted by Crippen LogP contribution is -2.27. The predicted octanol–water partition coefficient (Wildman–Crippen LogP) is 2.60. The maximum absolute atomic E-state index is 13.7. The van der Waals surface area contributed by atoms with Crippen molar-refractivity contribution in [2.75, 3.05) is 6.26 Å². The Morgan fingerprint density at radius 2 is 2.04 bits per heavy atom. The van der Waals surface area contributed by atoms with Gasteiger partial charge in [0.15, 0.2) is 0 Å². The third-order valence-corrected chi connectivity index (χ3v) is 5.25. The number of hydrogen-bond donors (Lipinski definition) is 0. The summed E-state index contributed by atoms with van der Waals surface area (Å²) in [6, 6.07) is 2.76. The van der Waals surface area contributed by atoms with E-state index in [1.807, 2.05) is 0 Å². The molecule has 0 unspecified atom stereocenters. The summed E-state index contributed by atoms with van der Waals surface area (Å²) >= 11 is 3.06. The molecule has 1 aliphatic rings. The second kappa shape index (κ2) is 6.49. The van der Waals surface area contributed by atoms with Gasteiger partial charge in [0.05, 0.1) is 0 Å². The lowest BCUT2D eigenvalue weighted by atomic mass is 10.2. The maximum atomic E-state index is 13.7. The Bertz CT molecular complexity index is 1000. The zero-order valence-electron chi connectivity index (χ0n) is 13.0. The molecule has 3 rings (SSSR count). The number of rotatable bonds is 5. The number of benzene rings is 1. The summed E-state index contributed by atoms with van der Waals surface area (Å²) in [4.78, 5) is 16.4. The summed E-state index contributed by atoms with van der Waals surface area (Å²) in [5.41, 5.74) is -0.533. The van der Waals surface area contributed by atoms with Crippen LogP contribution in [0.25, 0.3) is 0 Å². The molecule has 25 heavy (non-hydrogen) atoms. The van der Waals surface area contributed by atoms with Crippen LogP contribution >= 0.6 is 15.9 Å². The van der Waals surface area contributed by atoms with Crippen LogP contribution in [0.3, 0.4) is 0 Å². The van der Waals surface area contributed by atoms with E-state index in [0.717, 1.165) is 16.9 Å². The number of halogens is 3. The lowest BCUT2D eigenvalue weighted by molar-refractivity contribution is 0.278. The van der Waals surface area contributed by atoms with Crippen molar-refractivity contribution in [2.24, 2.45) is 0 Å². The molecule has 0 radical (unpaired) electrons. The van der Waals surface area contributed by atoms with E-state index in [4.69, 9.17) is 4.74 Å². The van der Waals surface area contributed by atoms with Gasteiger partial charge >= 0.3 is 0 Å². The Kier molecular flexibility index (Phi) is 4.67. The molecule has 1 saturated carbocycles. The van der Waals surface area contributed by atoms with Gasteiger partial charge < -0.3 is 4.74 Å². The van der Waals surface area contributed by atoms with Crippen molar-refractivity contribution >= 4 is 25.8 Å². The van der Waals surface area contributed by atoms with Gasteiger partial charge in [0.2, 0.25) is 20.9 Å². The summed E-state index contributed by atoms with van der Waals surface area (Å²) in [5.74, 6) is -1.80. The number of hydrogen-bond acceptors (Lipinski definition) is 5. The lowest BCUT2D eigenvalue weighted by Gasteiger charge is -2.14. The largest absolute Gasteiger partial charge is 0.472 e. The van der Waals surface area contributed by atoms with Crippen molar-refractivity contribution in [3.8, 4) is 5.88 Å². The highest BCUT2D eigenvalue weighted by atomic mass is 79.9. The molecule has 0 amide bonds. The SMILES string of the molecule is CS(=O)(=O)c1nc(OCc2ccc(F)cc2F)c(Br)c(=O)n1C1CC1. The Hall–Kier alpha value is -1.81. The van der Waals surface area contributed by atoms with Crippen molar-refractivity contribution in [1.82, 2.24) is 9.55 Å². The predicted molar refractivity (Wildman–Crippen MR) is 88.3 cm³/mol. The molecule has 0 spiro atoms. The Morgan fingerprint density at radius 3 is 2.60 bits per heavy atom. The maximum Gasteiger partial charge on any atom is 0.272 e. The molecular formula is C15H13BrF2N2O4S. The van der Waals surface area contributed by atoms with Crippen LogP contribution in [0.15, 0.2) is 32.6 Å². The van der Waals surface area contributed by atoms with Crippen molar-refractivity contribution in [1.29, 1.82) is 0 Å². The standard InChI is InChI=1S/C15H13BrF2N2O4S/c1-25(22,23)15-19-13(12(16)14(21)20(15)10-4-5-10)24-7-8-2-3-9(17)6-11(8)18/h2-3,6,10H,4-5,7H2,1H3. The smallest absolute Gasteiger partial charge is 0.272 e. The molecule has 0 aliphatic heterocycles. The van der Waals surface area contributed by atoms with Gasteiger partial charge in [0, 0.05) is 23.9 Å². The van der Waals surface area contributed by atoms with Crippen LogP contribution in [-0.2, 0) is 16.4 Å². The van der Waals surface area contributed by atoms with E-state index in [2.05, 4.69) is 20.9 Å². The van der Waals surface area contributed by atoms with E-state index in [1.165, 1.54) is 6.07 Å². The van der Waals surface area contributed by atoms with Gasteiger partial charge in [-0.1, -0.05) is 0 Å². The van der Waals surface area contributed by atoms with Gasteiger partial charge in [0.25, 0.3) is 5.56 Å². The first-order valence-electron chi connectivity index (χ1n) is 7.27. The summed E-state index contributed by atoms with van der Waals surface area (Å²) < 4.78 is 56.9. The molecule has 0 saturated heterocycles. The fourth-order valence-electron chi connectivity index (χ4n) is 2.27. The average Bonchev–Trinajstić information content (AvgIpc) is 3.33. The summed E-state index contributed by atoms with van der Waals surface area (Å²) in [7, 11) is -3.77. The van der Waals surface area contributed by atoms with Crippen molar-refractivity contribution in [2.45, 2.75) is 30.6 Å². The first-order chi connectivity index (χ1) is 11.7. The quantitative estimate of drug-likeness (QED) is 0.675. The molecule has 6 nitrogen and oxygen atoms in total. The fraction of sp³-hybridized carbons (Fsp3) is 0.333. The second-order valence-electron chi connectivity index (χ2n) is 5.72.